The zero-order valence-corrected chi connectivity index (χ0v) is 16.7. The topological polar surface area (TPSA) is 64.0 Å². The number of carbonyl (C=O) groups excluding carboxylic acids is 1. The van der Waals surface area contributed by atoms with Gasteiger partial charge >= 0.3 is 0 Å². The van der Waals surface area contributed by atoms with Gasteiger partial charge in [-0.1, -0.05) is 42.5 Å². The molecule has 4 rings (SSSR count). The minimum absolute atomic E-state index is 0.266. The Morgan fingerprint density at radius 1 is 1.00 bits per heavy atom. The lowest BCUT2D eigenvalue weighted by molar-refractivity contribution is 0.102. The highest BCUT2D eigenvalue weighted by Crippen LogP contribution is 2.18. The molecule has 150 valence electrons. The van der Waals surface area contributed by atoms with Crippen molar-refractivity contribution in [1.82, 2.24) is 9.78 Å². The molecule has 1 heterocycles. The van der Waals surface area contributed by atoms with Crippen molar-refractivity contribution in [2.24, 2.45) is 0 Å². The Morgan fingerprint density at radius 3 is 2.57 bits per heavy atom. The Morgan fingerprint density at radius 2 is 1.77 bits per heavy atom. The zero-order chi connectivity index (χ0) is 20.9. The molecule has 1 amide bonds. The molecule has 4 aromatic rings. The minimum Gasteiger partial charge on any atom is -0.322 e. The standard InChI is InChI=1S/C23H18FN3O2S/c24-21-11-4-5-12-22(21)27-15-18(14-25-27)23(28)26-19-8-6-7-17(13-19)16-30(29)20-9-2-1-3-10-20/h1-15H,16H2,(H,26,28). The molecule has 3 aromatic carbocycles. The highest BCUT2D eigenvalue weighted by atomic mass is 32.2. The molecule has 0 spiro atoms. The van der Waals surface area contributed by atoms with Crippen molar-refractivity contribution >= 4 is 22.4 Å². The second-order valence-electron chi connectivity index (χ2n) is 6.58. The molecule has 0 bridgehead atoms. The van der Waals surface area contributed by atoms with Gasteiger partial charge in [-0.3, -0.25) is 9.00 Å². The van der Waals surface area contributed by atoms with Crippen LogP contribution in [0.4, 0.5) is 10.1 Å². The summed E-state index contributed by atoms with van der Waals surface area (Å²) in [5.41, 5.74) is 2.00. The van der Waals surface area contributed by atoms with Crippen LogP contribution in [0.1, 0.15) is 15.9 Å². The number of anilines is 1. The number of amides is 1. The predicted octanol–water partition coefficient (Wildman–Crippen LogP) is 4.57. The molecule has 0 aliphatic heterocycles. The van der Waals surface area contributed by atoms with Crippen LogP contribution in [0, 0.1) is 5.82 Å². The van der Waals surface area contributed by atoms with Gasteiger partial charge in [0.1, 0.15) is 11.5 Å². The first kappa shape index (κ1) is 19.7. The molecule has 1 unspecified atom stereocenters. The van der Waals surface area contributed by atoms with E-state index in [0.29, 0.717) is 17.0 Å². The number of aromatic nitrogens is 2. The summed E-state index contributed by atoms with van der Waals surface area (Å²) in [5.74, 6) is -0.440. The van der Waals surface area contributed by atoms with Gasteiger partial charge in [0, 0.05) is 16.8 Å². The zero-order valence-electron chi connectivity index (χ0n) is 15.9. The third-order valence-electron chi connectivity index (χ3n) is 4.43. The van der Waals surface area contributed by atoms with Crippen molar-refractivity contribution in [3.05, 3.63) is 108 Å². The summed E-state index contributed by atoms with van der Waals surface area (Å²) in [7, 11) is -1.17. The average Bonchev–Trinajstić information content (AvgIpc) is 3.25. The normalized spacial score (nSPS) is 11.8. The molecule has 0 fully saturated rings. The van der Waals surface area contributed by atoms with Gasteiger partial charge in [-0.05, 0) is 42.0 Å². The van der Waals surface area contributed by atoms with Crippen molar-refractivity contribution in [2.45, 2.75) is 10.6 Å². The monoisotopic (exact) mass is 419 g/mol. The summed E-state index contributed by atoms with van der Waals surface area (Å²) >= 11 is 0. The van der Waals surface area contributed by atoms with Crippen molar-refractivity contribution < 1.29 is 13.4 Å². The van der Waals surface area contributed by atoms with Crippen LogP contribution in [-0.2, 0) is 16.6 Å². The molecule has 0 saturated carbocycles. The smallest absolute Gasteiger partial charge is 0.258 e. The second-order valence-corrected chi connectivity index (χ2v) is 8.03. The molecule has 1 aromatic heterocycles. The summed E-state index contributed by atoms with van der Waals surface area (Å²) < 4.78 is 27.8. The fourth-order valence-corrected chi connectivity index (χ4v) is 4.07. The van der Waals surface area contributed by atoms with Crippen LogP contribution in [0.25, 0.3) is 5.69 Å². The van der Waals surface area contributed by atoms with E-state index in [1.807, 2.05) is 36.4 Å². The largest absolute Gasteiger partial charge is 0.322 e. The number of hydrogen-bond acceptors (Lipinski definition) is 3. The fraction of sp³-hybridized carbons (Fsp3) is 0.0435. The van der Waals surface area contributed by atoms with Crippen molar-refractivity contribution in [2.75, 3.05) is 5.32 Å². The molecule has 5 nitrogen and oxygen atoms in total. The quantitative estimate of drug-likeness (QED) is 0.498. The third kappa shape index (κ3) is 4.52. The van der Waals surface area contributed by atoms with Crippen LogP contribution in [-0.4, -0.2) is 19.9 Å². The van der Waals surface area contributed by atoms with Crippen LogP contribution >= 0.6 is 0 Å². The van der Waals surface area contributed by atoms with Crippen molar-refractivity contribution in [1.29, 1.82) is 0 Å². The van der Waals surface area contributed by atoms with Crippen LogP contribution in [0.5, 0.6) is 0 Å². The average molecular weight is 419 g/mol. The molecule has 30 heavy (non-hydrogen) atoms. The number of para-hydroxylation sites is 1. The van der Waals surface area contributed by atoms with Crippen LogP contribution in [0.2, 0.25) is 0 Å². The van der Waals surface area contributed by atoms with Gasteiger partial charge < -0.3 is 5.32 Å². The highest BCUT2D eigenvalue weighted by molar-refractivity contribution is 7.84. The van der Waals surface area contributed by atoms with E-state index >= 15 is 0 Å². The summed E-state index contributed by atoms with van der Waals surface area (Å²) in [6.45, 7) is 0. The summed E-state index contributed by atoms with van der Waals surface area (Å²) in [6.07, 6.45) is 2.86. The van der Waals surface area contributed by atoms with E-state index in [4.69, 9.17) is 0 Å². The van der Waals surface area contributed by atoms with Crippen LogP contribution in [0.3, 0.4) is 0 Å². The van der Waals surface area contributed by atoms with E-state index in [9.17, 15) is 13.4 Å². The Hall–Kier alpha value is -3.58. The molecule has 1 atom stereocenters. The van der Waals surface area contributed by atoms with Gasteiger partial charge in [-0.15, -0.1) is 0 Å². The van der Waals surface area contributed by atoms with Gasteiger partial charge in [0.05, 0.1) is 28.3 Å². The predicted molar refractivity (Wildman–Crippen MR) is 114 cm³/mol. The Bertz CT molecular complexity index is 1210. The van der Waals surface area contributed by atoms with E-state index in [1.54, 1.807) is 36.4 Å². The number of nitrogens with one attached hydrogen (secondary N) is 1. The summed E-state index contributed by atoms with van der Waals surface area (Å²) in [6, 6.07) is 22.7. The number of halogens is 1. The first-order chi connectivity index (χ1) is 14.6. The van der Waals surface area contributed by atoms with E-state index in [0.717, 1.165) is 10.5 Å². The maximum absolute atomic E-state index is 13.9. The molecule has 0 aliphatic rings. The fourth-order valence-electron chi connectivity index (χ4n) is 2.96. The Labute approximate surface area is 175 Å². The first-order valence-corrected chi connectivity index (χ1v) is 10.6. The van der Waals surface area contributed by atoms with Crippen molar-refractivity contribution in [3.63, 3.8) is 0 Å². The maximum atomic E-state index is 13.9. The Kier molecular flexibility index (Phi) is 5.81. The third-order valence-corrected chi connectivity index (χ3v) is 5.83. The van der Waals surface area contributed by atoms with Gasteiger partial charge in [0.2, 0.25) is 0 Å². The molecule has 0 radical (unpaired) electrons. The molecular formula is C23H18FN3O2S. The minimum atomic E-state index is -1.17. The number of rotatable bonds is 6. The van der Waals surface area contributed by atoms with Gasteiger partial charge in [0.15, 0.2) is 0 Å². The van der Waals surface area contributed by atoms with E-state index in [-0.39, 0.29) is 11.6 Å². The van der Waals surface area contributed by atoms with Gasteiger partial charge in [0.25, 0.3) is 5.91 Å². The summed E-state index contributed by atoms with van der Waals surface area (Å²) in [4.78, 5) is 13.3. The lowest BCUT2D eigenvalue weighted by Crippen LogP contribution is -2.11. The van der Waals surface area contributed by atoms with E-state index in [1.165, 1.54) is 23.1 Å². The maximum Gasteiger partial charge on any atom is 0.258 e. The van der Waals surface area contributed by atoms with Crippen LogP contribution < -0.4 is 5.32 Å². The van der Waals surface area contributed by atoms with Gasteiger partial charge in [-0.25, -0.2) is 9.07 Å². The van der Waals surface area contributed by atoms with E-state index < -0.39 is 16.6 Å². The second kappa shape index (κ2) is 8.84. The number of benzene rings is 3. The molecule has 7 heteroatoms. The lowest BCUT2D eigenvalue weighted by Gasteiger charge is -2.07. The summed E-state index contributed by atoms with van der Waals surface area (Å²) in [5, 5.41) is 6.88. The molecule has 0 aliphatic carbocycles. The number of carbonyl (C=O) groups is 1. The SMILES string of the molecule is O=C(Nc1cccc(CS(=O)c2ccccc2)c1)c1cnn(-c2ccccc2F)c1. The Balaban J connectivity index is 1.46. The van der Waals surface area contributed by atoms with Gasteiger partial charge in [-0.2, -0.15) is 5.10 Å². The van der Waals surface area contributed by atoms with Crippen molar-refractivity contribution in [3.8, 4) is 5.69 Å². The lowest BCUT2D eigenvalue weighted by atomic mass is 10.2. The molecule has 0 saturated heterocycles. The molecule has 1 N–H and O–H groups in total. The number of nitrogens with zero attached hydrogens (tertiary/aromatic N) is 2. The van der Waals surface area contributed by atoms with Crippen LogP contribution in [0.15, 0.2) is 96.2 Å². The first-order valence-electron chi connectivity index (χ1n) is 9.23. The molecular weight excluding hydrogens is 401 g/mol. The van der Waals surface area contributed by atoms with E-state index in [2.05, 4.69) is 10.4 Å². The number of hydrogen-bond donors (Lipinski definition) is 1. The highest BCUT2D eigenvalue weighted by Gasteiger charge is 2.12.